The van der Waals surface area contributed by atoms with Crippen molar-refractivity contribution in [2.75, 3.05) is 10.6 Å². The van der Waals surface area contributed by atoms with Crippen molar-refractivity contribution in [3.63, 3.8) is 0 Å². The van der Waals surface area contributed by atoms with Gasteiger partial charge in [-0.15, -0.1) is 5.10 Å². The monoisotopic (exact) mass is 413 g/mol. The van der Waals surface area contributed by atoms with Crippen molar-refractivity contribution in [2.45, 2.75) is 27.3 Å². The first-order chi connectivity index (χ1) is 14.2. The molecule has 0 fully saturated rings. The molecule has 0 atom stereocenters. The topological polar surface area (TPSA) is 71.8 Å². The maximum atomic E-state index is 13.7. The Bertz CT molecular complexity index is 1200. The van der Waals surface area contributed by atoms with E-state index in [0.29, 0.717) is 38.5 Å². The number of allylic oxidation sites excluding steroid dienone is 1. The molecule has 30 heavy (non-hydrogen) atoms. The van der Waals surface area contributed by atoms with Crippen molar-refractivity contribution >= 4 is 23.0 Å². The Hall–Kier alpha value is -3.62. The van der Waals surface area contributed by atoms with Crippen LogP contribution in [-0.2, 0) is 4.79 Å². The molecule has 2 aromatic heterocycles. The molecule has 0 unspecified atom stereocenters. The number of amides is 1. The summed E-state index contributed by atoms with van der Waals surface area (Å²) >= 11 is 0. The minimum absolute atomic E-state index is 0.203. The average molecular weight is 413 g/mol. The number of rotatable bonds is 4. The number of aromatic nitrogens is 3. The number of alkyl halides is 2. The van der Waals surface area contributed by atoms with Gasteiger partial charge in [0.25, 0.3) is 5.91 Å². The van der Waals surface area contributed by atoms with Gasteiger partial charge in [-0.3, -0.25) is 9.78 Å². The first kappa shape index (κ1) is 19.7. The zero-order chi connectivity index (χ0) is 21.6. The molecule has 0 saturated heterocycles. The van der Waals surface area contributed by atoms with Crippen molar-refractivity contribution in [1.82, 2.24) is 14.8 Å². The van der Waals surface area contributed by atoms with Crippen molar-refractivity contribution in [2.24, 2.45) is 0 Å². The molecule has 0 radical (unpaired) electrons. The minimum atomic E-state index is -2.76. The lowest BCUT2D eigenvalue weighted by molar-refractivity contribution is -0.110. The van der Waals surface area contributed by atoms with Gasteiger partial charge in [0, 0.05) is 28.6 Å². The lowest BCUT2D eigenvalue weighted by Gasteiger charge is -2.09. The maximum absolute atomic E-state index is 13.7. The Morgan fingerprint density at radius 1 is 1.17 bits per heavy atom. The van der Waals surface area contributed by atoms with Crippen LogP contribution in [0.25, 0.3) is 16.8 Å². The molecule has 3 heterocycles. The summed E-state index contributed by atoms with van der Waals surface area (Å²) in [6.07, 6.45) is 1.52. The number of nitrogens with zero attached hydrogens (tertiary/aromatic N) is 3. The molecule has 9 heteroatoms. The summed E-state index contributed by atoms with van der Waals surface area (Å²) in [5.41, 5.74) is 4.15. The van der Waals surface area contributed by atoms with Gasteiger partial charge in [-0.1, -0.05) is 6.07 Å². The van der Waals surface area contributed by atoms with E-state index in [1.165, 1.54) is 31.3 Å². The normalized spacial score (nSPS) is 14.7. The Morgan fingerprint density at radius 3 is 2.63 bits per heavy atom. The SMILES string of the molecule is C/C(Nc1cc(C)n(C(F)F)n1)=C1/C(=O)Nc2cnc(-c3cc(F)ccc3C)cc21. The van der Waals surface area contributed by atoms with Crippen LogP contribution in [-0.4, -0.2) is 20.7 Å². The Labute approximate surface area is 170 Å². The number of nitrogens with one attached hydrogen (secondary N) is 2. The summed E-state index contributed by atoms with van der Waals surface area (Å²) in [5, 5.41) is 9.48. The summed E-state index contributed by atoms with van der Waals surface area (Å²) in [7, 11) is 0. The summed E-state index contributed by atoms with van der Waals surface area (Å²) < 4.78 is 40.3. The molecule has 0 saturated carbocycles. The number of carbonyl (C=O) groups is 1. The lowest BCUT2D eigenvalue weighted by Crippen LogP contribution is -2.09. The number of fused-ring (bicyclic) bond motifs is 1. The number of hydrogen-bond donors (Lipinski definition) is 2. The molecule has 1 aromatic carbocycles. The van der Waals surface area contributed by atoms with Gasteiger partial charge in [0.1, 0.15) is 5.82 Å². The van der Waals surface area contributed by atoms with Gasteiger partial charge < -0.3 is 10.6 Å². The van der Waals surface area contributed by atoms with E-state index in [4.69, 9.17) is 0 Å². The van der Waals surface area contributed by atoms with E-state index in [1.54, 1.807) is 19.1 Å². The van der Waals surface area contributed by atoms with Crippen LogP contribution in [0.1, 0.15) is 30.3 Å². The standard InChI is InChI=1S/C21H18F3N5O/c1-10-4-5-13(22)7-14(10)16-8-15-17(9-25-16)27-20(30)19(15)12(3)26-18-6-11(2)29(28-18)21(23)24/h4-9,21H,1-3H3,(H,26,28)(H,27,30)/b19-12-. The van der Waals surface area contributed by atoms with E-state index >= 15 is 0 Å². The number of pyridine rings is 1. The fraction of sp³-hybridized carbons (Fsp3) is 0.190. The van der Waals surface area contributed by atoms with Gasteiger partial charge in [0.05, 0.1) is 23.2 Å². The van der Waals surface area contributed by atoms with Crippen LogP contribution in [0.15, 0.2) is 42.2 Å². The fourth-order valence-corrected chi connectivity index (χ4v) is 3.46. The highest BCUT2D eigenvalue weighted by molar-refractivity contribution is 6.32. The predicted octanol–water partition coefficient (Wildman–Crippen LogP) is 4.89. The fourth-order valence-electron chi connectivity index (χ4n) is 3.46. The molecule has 2 N–H and O–H groups in total. The lowest BCUT2D eigenvalue weighted by atomic mass is 10.0. The second-order valence-corrected chi connectivity index (χ2v) is 7.05. The summed E-state index contributed by atoms with van der Waals surface area (Å²) in [5.74, 6) is -0.532. The maximum Gasteiger partial charge on any atom is 0.333 e. The molecule has 4 rings (SSSR count). The summed E-state index contributed by atoms with van der Waals surface area (Å²) in [6, 6.07) is 7.60. The molecule has 6 nitrogen and oxygen atoms in total. The number of hydrogen-bond acceptors (Lipinski definition) is 4. The Morgan fingerprint density at radius 2 is 1.93 bits per heavy atom. The predicted molar refractivity (Wildman–Crippen MR) is 107 cm³/mol. The molecular formula is C21H18F3N5O. The van der Waals surface area contributed by atoms with E-state index in [0.717, 1.165) is 5.56 Å². The Kier molecular flexibility index (Phi) is 4.81. The van der Waals surface area contributed by atoms with Gasteiger partial charge in [0.15, 0.2) is 5.82 Å². The number of carbonyl (C=O) groups excluding carboxylic acids is 1. The van der Waals surface area contributed by atoms with E-state index in [2.05, 4.69) is 20.7 Å². The third-order valence-corrected chi connectivity index (χ3v) is 4.92. The number of anilines is 2. The first-order valence-electron chi connectivity index (χ1n) is 9.15. The zero-order valence-electron chi connectivity index (χ0n) is 16.4. The average Bonchev–Trinajstić information content (AvgIpc) is 3.21. The summed E-state index contributed by atoms with van der Waals surface area (Å²) in [4.78, 5) is 16.9. The van der Waals surface area contributed by atoms with Gasteiger partial charge in [-0.2, -0.15) is 8.78 Å². The molecule has 1 aliphatic heterocycles. The summed E-state index contributed by atoms with van der Waals surface area (Å²) in [6.45, 7) is 2.27. The van der Waals surface area contributed by atoms with Crippen LogP contribution < -0.4 is 10.6 Å². The molecule has 0 bridgehead atoms. The van der Waals surface area contributed by atoms with Crippen molar-refractivity contribution < 1.29 is 18.0 Å². The van der Waals surface area contributed by atoms with E-state index < -0.39 is 6.55 Å². The Balaban J connectivity index is 1.75. The highest BCUT2D eigenvalue weighted by atomic mass is 19.3. The minimum Gasteiger partial charge on any atom is -0.342 e. The number of halogens is 3. The molecule has 3 aromatic rings. The molecule has 0 spiro atoms. The van der Waals surface area contributed by atoms with Crippen molar-refractivity contribution in [3.05, 3.63) is 64.9 Å². The van der Waals surface area contributed by atoms with Crippen molar-refractivity contribution in [3.8, 4) is 11.3 Å². The van der Waals surface area contributed by atoms with E-state index in [9.17, 15) is 18.0 Å². The molecule has 154 valence electrons. The van der Waals surface area contributed by atoms with E-state index in [-0.39, 0.29) is 23.2 Å². The molecular weight excluding hydrogens is 395 g/mol. The number of aryl methyl sites for hydroxylation is 2. The third kappa shape index (κ3) is 3.42. The number of benzene rings is 1. The van der Waals surface area contributed by atoms with E-state index in [1.807, 2.05) is 6.92 Å². The van der Waals surface area contributed by atoms with Gasteiger partial charge in [-0.05, 0) is 44.5 Å². The van der Waals surface area contributed by atoms with Crippen LogP contribution in [0.3, 0.4) is 0 Å². The second-order valence-electron chi connectivity index (χ2n) is 7.05. The van der Waals surface area contributed by atoms with Gasteiger partial charge in [0.2, 0.25) is 0 Å². The third-order valence-electron chi connectivity index (χ3n) is 4.92. The highest BCUT2D eigenvalue weighted by Crippen LogP contribution is 2.36. The molecule has 1 amide bonds. The van der Waals surface area contributed by atoms with Gasteiger partial charge in [-0.25, -0.2) is 9.07 Å². The van der Waals surface area contributed by atoms with Crippen LogP contribution in [0.4, 0.5) is 24.7 Å². The van der Waals surface area contributed by atoms with Crippen molar-refractivity contribution in [1.29, 1.82) is 0 Å². The zero-order valence-corrected chi connectivity index (χ0v) is 16.4. The molecule has 0 aliphatic carbocycles. The quantitative estimate of drug-likeness (QED) is 0.598. The first-order valence-corrected chi connectivity index (χ1v) is 9.15. The van der Waals surface area contributed by atoms with Crippen LogP contribution in [0, 0.1) is 19.7 Å². The van der Waals surface area contributed by atoms with Crippen LogP contribution in [0.5, 0.6) is 0 Å². The molecule has 1 aliphatic rings. The second kappa shape index (κ2) is 7.33. The van der Waals surface area contributed by atoms with Crippen LogP contribution >= 0.6 is 0 Å². The van der Waals surface area contributed by atoms with Gasteiger partial charge >= 0.3 is 6.55 Å². The largest absolute Gasteiger partial charge is 0.342 e. The van der Waals surface area contributed by atoms with Crippen LogP contribution in [0.2, 0.25) is 0 Å². The smallest absolute Gasteiger partial charge is 0.333 e. The highest BCUT2D eigenvalue weighted by Gasteiger charge is 2.28.